The van der Waals surface area contributed by atoms with E-state index in [0.717, 1.165) is 29.5 Å². The van der Waals surface area contributed by atoms with Gasteiger partial charge in [0.15, 0.2) is 5.16 Å². The number of carbonyl (C=O) groups excluding carboxylic acids is 1. The molecular weight excluding hydrogens is 294 g/mol. The van der Waals surface area contributed by atoms with Crippen LogP contribution in [-0.4, -0.2) is 21.6 Å². The standard InChI is InChI=1S/C13H15N3O2S2/c14-9(17)5-6-19-13-15-11(18)10-7-3-1-2-4-8(7)20-12(10)16-13/h1-6H2,(H2,14,17)(H,15,16,18). The average Bonchev–Trinajstić information content (AvgIpc) is 2.76. The molecule has 1 amide bonds. The zero-order valence-electron chi connectivity index (χ0n) is 10.9. The molecule has 3 rings (SSSR count). The number of thioether (sulfide) groups is 1. The molecule has 7 heteroatoms. The zero-order chi connectivity index (χ0) is 14.1. The predicted octanol–water partition coefficient (Wildman–Crippen LogP) is 1.83. The number of nitrogens with one attached hydrogen (secondary N) is 1. The molecule has 0 fully saturated rings. The Kier molecular flexibility index (Phi) is 3.80. The van der Waals surface area contributed by atoms with Crippen molar-refractivity contribution in [1.82, 2.24) is 9.97 Å². The first-order chi connectivity index (χ1) is 9.65. The number of nitrogens with two attached hydrogens (primary N) is 1. The lowest BCUT2D eigenvalue weighted by Crippen LogP contribution is -2.13. The maximum absolute atomic E-state index is 12.2. The van der Waals surface area contributed by atoms with Crippen LogP contribution in [-0.2, 0) is 17.6 Å². The highest BCUT2D eigenvalue weighted by molar-refractivity contribution is 7.99. The van der Waals surface area contributed by atoms with E-state index < -0.39 is 0 Å². The van der Waals surface area contributed by atoms with Crippen LogP contribution in [0.2, 0.25) is 0 Å². The number of aryl methyl sites for hydroxylation is 2. The monoisotopic (exact) mass is 309 g/mol. The number of H-pyrrole nitrogens is 1. The molecule has 0 bridgehead atoms. The van der Waals surface area contributed by atoms with Crippen molar-refractivity contribution in [2.75, 3.05) is 5.75 Å². The first-order valence-corrected chi connectivity index (χ1v) is 8.41. The van der Waals surface area contributed by atoms with Crippen molar-refractivity contribution in [3.05, 3.63) is 20.8 Å². The van der Waals surface area contributed by atoms with Gasteiger partial charge in [0.1, 0.15) is 4.83 Å². The maximum atomic E-state index is 12.2. The molecule has 0 atom stereocenters. The van der Waals surface area contributed by atoms with Crippen LogP contribution >= 0.6 is 23.1 Å². The van der Waals surface area contributed by atoms with Gasteiger partial charge in [0.2, 0.25) is 5.91 Å². The Morgan fingerprint density at radius 1 is 1.40 bits per heavy atom. The smallest absolute Gasteiger partial charge is 0.260 e. The fraction of sp³-hybridized carbons (Fsp3) is 0.462. The van der Waals surface area contributed by atoms with Gasteiger partial charge in [-0.3, -0.25) is 9.59 Å². The van der Waals surface area contributed by atoms with Gasteiger partial charge in [-0.2, -0.15) is 0 Å². The van der Waals surface area contributed by atoms with Crippen molar-refractivity contribution >= 4 is 39.2 Å². The van der Waals surface area contributed by atoms with Crippen molar-refractivity contribution in [1.29, 1.82) is 0 Å². The molecule has 20 heavy (non-hydrogen) atoms. The summed E-state index contributed by atoms with van der Waals surface area (Å²) in [4.78, 5) is 32.4. The Labute approximate surface area is 124 Å². The van der Waals surface area contributed by atoms with Gasteiger partial charge in [-0.25, -0.2) is 4.98 Å². The quantitative estimate of drug-likeness (QED) is 0.666. The van der Waals surface area contributed by atoms with Gasteiger partial charge in [0.05, 0.1) is 5.39 Å². The Morgan fingerprint density at radius 2 is 2.20 bits per heavy atom. The summed E-state index contributed by atoms with van der Waals surface area (Å²) in [5, 5.41) is 1.34. The molecule has 1 aliphatic carbocycles. The molecule has 2 aromatic rings. The maximum Gasteiger partial charge on any atom is 0.260 e. The number of aromatic nitrogens is 2. The summed E-state index contributed by atoms with van der Waals surface area (Å²) in [7, 11) is 0. The largest absolute Gasteiger partial charge is 0.370 e. The summed E-state index contributed by atoms with van der Waals surface area (Å²) in [6.07, 6.45) is 4.66. The molecule has 2 heterocycles. The number of thiophene rings is 1. The summed E-state index contributed by atoms with van der Waals surface area (Å²) in [6, 6.07) is 0. The first-order valence-electron chi connectivity index (χ1n) is 6.61. The van der Waals surface area contributed by atoms with Gasteiger partial charge in [-0.15, -0.1) is 11.3 Å². The van der Waals surface area contributed by atoms with E-state index >= 15 is 0 Å². The van der Waals surface area contributed by atoms with Crippen molar-refractivity contribution in [2.24, 2.45) is 5.73 Å². The van der Waals surface area contributed by atoms with Crippen molar-refractivity contribution in [3.63, 3.8) is 0 Å². The average molecular weight is 309 g/mol. The third-order valence-electron chi connectivity index (χ3n) is 3.39. The SMILES string of the molecule is NC(=O)CCSc1nc2sc3c(c2c(=O)[nH]1)CCCC3. The van der Waals surface area contributed by atoms with E-state index in [0.29, 0.717) is 10.9 Å². The zero-order valence-corrected chi connectivity index (χ0v) is 12.5. The van der Waals surface area contributed by atoms with Gasteiger partial charge < -0.3 is 10.7 Å². The van der Waals surface area contributed by atoms with E-state index in [9.17, 15) is 9.59 Å². The summed E-state index contributed by atoms with van der Waals surface area (Å²) in [5.74, 6) is 0.196. The van der Waals surface area contributed by atoms with E-state index in [4.69, 9.17) is 5.73 Å². The molecule has 5 nitrogen and oxygen atoms in total. The van der Waals surface area contributed by atoms with Gasteiger partial charge >= 0.3 is 0 Å². The molecule has 1 aliphatic rings. The number of hydrogen-bond donors (Lipinski definition) is 2. The molecule has 2 aromatic heterocycles. The van der Waals surface area contributed by atoms with Crippen LogP contribution in [0.1, 0.15) is 29.7 Å². The van der Waals surface area contributed by atoms with E-state index in [1.165, 1.54) is 28.6 Å². The van der Waals surface area contributed by atoms with Crippen LogP contribution in [0.3, 0.4) is 0 Å². The highest BCUT2D eigenvalue weighted by Crippen LogP contribution is 2.34. The summed E-state index contributed by atoms with van der Waals surface area (Å²) < 4.78 is 0. The number of carbonyl (C=O) groups is 1. The number of hydrogen-bond acceptors (Lipinski definition) is 5. The van der Waals surface area contributed by atoms with Gasteiger partial charge in [0, 0.05) is 17.1 Å². The van der Waals surface area contributed by atoms with Crippen LogP contribution in [0.15, 0.2) is 9.95 Å². The summed E-state index contributed by atoms with van der Waals surface area (Å²) in [5.41, 5.74) is 6.23. The number of primary amides is 1. The lowest BCUT2D eigenvalue weighted by molar-refractivity contribution is -0.117. The molecule has 0 spiro atoms. The minimum Gasteiger partial charge on any atom is -0.370 e. The fourth-order valence-corrected chi connectivity index (χ4v) is 4.60. The Bertz CT molecular complexity index is 720. The predicted molar refractivity (Wildman–Crippen MR) is 81.4 cm³/mol. The molecule has 0 aliphatic heterocycles. The highest BCUT2D eigenvalue weighted by Gasteiger charge is 2.19. The number of rotatable bonds is 4. The normalized spacial score (nSPS) is 14.4. The summed E-state index contributed by atoms with van der Waals surface area (Å²) >= 11 is 2.99. The van der Waals surface area contributed by atoms with Crippen LogP contribution < -0.4 is 11.3 Å². The molecule has 0 aromatic carbocycles. The van der Waals surface area contributed by atoms with Crippen molar-refractivity contribution in [3.8, 4) is 0 Å². The minimum atomic E-state index is -0.340. The summed E-state index contributed by atoms with van der Waals surface area (Å²) in [6.45, 7) is 0. The van der Waals surface area contributed by atoms with Crippen molar-refractivity contribution in [2.45, 2.75) is 37.3 Å². The van der Waals surface area contributed by atoms with E-state index in [-0.39, 0.29) is 17.9 Å². The Morgan fingerprint density at radius 3 is 3.00 bits per heavy atom. The Hall–Kier alpha value is -1.34. The lowest BCUT2D eigenvalue weighted by Gasteiger charge is -2.09. The second kappa shape index (κ2) is 5.57. The van der Waals surface area contributed by atoms with Crippen molar-refractivity contribution < 1.29 is 4.79 Å². The number of aromatic amines is 1. The second-order valence-electron chi connectivity index (χ2n) is 4.83. The molecule has 3 N–H and O–H groups in total. The molecule has 0 saturated carbocycles. The minimum absolute atomic E-state index is 0.0593. The Balaban J connectivity index is 1.94. The second-order valence-corrected chi connectivity index (χ2v) is 6.99. The number of fused-ring (bicyclic) bond motifs is 3. The van der Waals surface area contributed by atoms with Gasteiger partial charge in [-0.1, -0.05) is 11.8 Å². The molecule has 0 unspecified atom stereocenters. The third kappa shape index (κ3) is 2.60. The third-order valence-corrected chi connectivity index (χ3v) is 5.45. The first kappa shape index (κ1) is 13.6. The van der Waals surface area contributed by atoms with E-state index in [1.54, 1.807) is 11.3 Å². The van der Waals surface area contributed by atoms with E-state index in [2.05, 4.69) is 9.97 Å². The molecule has 0 saturated heterocycles. The van der Waals surface area contributed by atoms with Crippen LogP contribution in [0.25, 0.3) is 10.2 Å². The van der Waals surface area contributed by atoms with Gasteiger partial charge in [-0.05, 0) is 31.2 Å². The number of amides is 1. The molecule has 0 radical (unpaired) electrons. The topological polar surface area (TPSA) is 88.8 Å². The number of nitrogens with zero attached hydrogens (tertiary/aromatic N) is 1. The van der Waals surface area contributed by atoms with E-state index in [1.807, 2.05) is 0 Å². The molecular formula is C13H15N3O2S2. The highest BCUT2D eigenvalue weighted by atomic mass is 32.2. The molecule has 106 valence electrons. The van der Waals surface area contributed by atoms with Crippen LogP contribution in [0, 0.1) is 0 Å². The van der Waals surface area contributed by atoms with Crippen LogP contribution in [0.4, 0.5) is 0 Å². The van der Waals surface area contributed by atoms with Crippen LogP contribution in [0.5, 0.6) is 0 Å². The lowest BCUT2D eigenvalue weighted by atomic mass is 9.97. The van der Waals surface area contributed by atoms with Gasteiger partial charge in [0.25, 0.3) is 5.56 Å². The fourth-order valence-electron chi connectivity index (χ4n) is 2.46.